The van der Waals surface area contributed by atoms with E-state index in [1.165, 1.54) is 11.3 Å². The van der Waals surface area contributed by atoms with Gasteiger partial charge in [-0.2, -0.15) is 0 Å². The number of aromatic nitrogens is 2. The predicted molar refractivity (Wildman–Crippen MR) is 101 cm³/mol. The fourth-order valence-electron chi connectivity index (χ4n) is 2.66. The van der Waals surface area contributed by atoms with Gasteiger partial charge < -0.3 is 19.5 Å². The van der Waals surface area contributed by atoms with Crippen molar-refractivity contribution < 1.29 is 19.0 Å². The molecule has 138 valence electrons. The molecule has 1 aliphatic heterocycles. The van der Waals surface area contributed by atoms with Gasteiger partial charge in [-0.15, -0.1) is 10.2 Å². The lowest BCUT2D eigenvalue weighted by Gasteiger charge is -2.03. The number of anilines is 1. The topological polar surface area (TPSA) is 82.6 Å². The van der Waals surface area contributed by atoms with Gasteiger partial charge in [0.15, 0.2) is 11.5 Å². The van der Waals surface area contributed by atoms with E-state index in [0.29, 0.717) is 18.0 Å². The molecule has 1 N–H and O–H groups in total. The van der Waals surface area contributed by atoms with Crippen molar-refractivity contribution in [3.63, 3.8) is 0 Å². The lowest BCUT2D eigenvalue weighted by molar-refractivity contribution is -0.116. The monoisotopic (exact) mass is 383 g/mol. The summed E-state index contributed by atoms with van der Waals surface area (Å²) < 4.78 is 15.8. The number of carbonyl (C=O) groups is 1. The Morgan fingerprint density at radius 2 is 1.96 bits per heavy atom. The molecule has 1 aromatic heterocycles. The van der Waals surface area contributed by atoms with E-state index in [-0.39, 0.29) is 12.7 Å². The lowest BCUT2D eigenvalue weighted by Crippen LogP contribution is -2.12. The molecule has 0 aliphatic carbocycles. The Morgan fingerprint density at radius 3 is 2.78 bits per heavy atom. The molecule has 0 fully saturated rings. The van der Waals surface area contributed by atoms with Crippen molar-refractivity contribution >= 4 is 22.4 Å². The first-order valence-corrected chi connectivity index (χ1v) is 9.19. The maximum absolute atomic E-state index is 12.2. The first kappa shape index (κ1) is 17.3. The van der Waals surface area contributed by atoms with Gasteiger partial charge in [-0.1, -0.05) is 17.4 Å². The van der Waals surface area contributed by atoms with E-state index in [1.807, 2.05) is 42.5 Å². The number of carbonyl (C=O) groups excluding carboxylic acids is 1. The quantitative estimate of drug-likeness (QED) is 0.701. The number of rotatable bonds is 6. The van der Waals surface area contributed by atoms with E-state index >= 15 is 0 Å². The van der Waals surface area contributed by atoms with Gasteiger partial charge in [-0.3, -0.25) is 4.79 Å². The summed E-state index contributed by atoms with van der Waals surface area (Å²) in [6, 6.07) is 13.2. The maximum Gasteiger partial charge on any atom is 0.231 e. The Kier molecular flexibility index (Phi) is 4.88. The zero-order valence-corrected chi connectivity index (χ0v) is 15.4. The minimum Gasteiger partial charge on any atom is -0.497 e. The highest BCUT2D eigenvalue weighted by Gasteiger charge is 2.14. The second-order valence-corrected chi connectivity index (χ2v) is 6.85. The van der Waals surface area contributed by atoms with Crippen molar-refractivity contribution in [3.05, 3.63) is 48.0 Å². The average Bonchev–Trinajstić information content (AvgIpc) is 3.35. The van der Waals surface area contributed by atoms with E-state index < -0.39 is 0 Å². The molecule has 1 amide bonds. The zero-order chi connectivity index (χ0) is 18.6. The van der Waals surface area contributed by atoms with Gasteiger partial charge in [0.2, 0.25) is 17.8 Å². The highest BCUT2D eigenvalue weighted by Crippen LogP contribution is 2.33. The Balaban J connectivity index is 1.33. The molecule has 8 heteroatoms. The Morgan fingerprint density at radius 1 is 1.15 bits per heavy atom. The number of nitrogens with zero attached hydrogens (tertiary/aromatic N) is 2. The summed E-state index contributed by atoms with van der Waals surface area (Å²) in [7, 11) is 1.62. The first-order valence-electron chi connectivity index (χ1n) is 8.37. The Labute approximate surface area is 159 Å². The van der Waals surface area contributed by atoms with Gasteiger partial charge in [-0.25, -0.2) is 0 Å². The molecular formula is C19H17N3O4S. The normalized spacial score (nSPS) is 12.0. The number of fused-ring (bicyclic) bond motifs is 1. The van der Waals surface area contributed by atoms with Crippen LogP contribution in [0.15, 0.2) is 42.5 Å². The van der Waals surface area contributed by atoms with Crippen LogP contribution < -0.4 is 19.5 Å². The standard InChI is InChI=1S/C19H17N3O4S/c1-24-14-6-4-13(5-7-14)18-21-22-19(27-18)20-17(23)9-3-12-2-8-15-16(10-12)26-11-25-15/h2,4-8,10H,3,9,11H2,1H3,(H,20,22,23). The summed E-state index contributed by atoms with van der Waals surface area (Å²) in [4.78, 5) is 12.2. The molecule has 27 heavy (non-hydrogen) atoms. The molecular weight excluding hydrogens is 366 g/mol. The van der Waals surface area contributed by atoms with E-state index in [0.717, 1.165) is 33.4 Å². The van der Waals surface area contributed by atoms with Crippen LogP contribution in [0.3, 0.4) is 0 Å². The minimum absolute atomic E-state index is 0.106. The smallest absolute Gasteiger partial charge is 0.231 e. The second-order valence-electron chi connectivity index (χ2n) is 5.88. The molecule has 0 saturated carbocycles. The van der Waals surface area contributed by atoms with E-state index in [1.54, 1.807) is 7.11 Å². The molecule has 0 atom stereocenters. The van der Waals surface area contributed by atoms with Crippen LogP contribution in [0.1, 0.15) is 12.0 Å². The molecule has 3 aromatic rings. The number of methoxy groups -OCH3 is 1. The van der Waals surface area contributed by atoms with Crippen molar-refractivity contribution in [2.24, 2.45) is 0 Å². The molecule has 2 aromatic carbocycles. The summed E-state index contributed by atoms with van der Waals surface area (Å²) in [5.74, 6) is 2.13. The van der Waals surface area contributed by atoms with Crippen LogP contribution in [0, 0.1) is 0 Å². The lowest BCUT2D eigenvalue weighted by atomic mass is 10.1. The van der Waals surface area contributed by atoms with Gasteiger partial charge >= 0.3 is 0 Å². The third-order valence-electron chi connectivity index (χ3n) is 4.09. The molecule has 0 unspecified atom stereocenters. The summed E-state index contributed by atoms with van der Waals surface area (Å²) in [5.41, 5.74) is 1.94. The van der Waals surface area contributed by atoms with Gasteiger partial charge in [0.05, 0.1) is 7.11 Å². The number of benzene rings is 2. The van der Waals surface area contributed by atoms with Crippen LogP contribution in [0.5, 0.6) is 17.2 Å². The summed E-state index contributed by atoms with van der Waals surface area (Å²) in [5, 5.41) is 12.2. The third kappa shape index (κ3) is 4.01. The Bertz CT molecular complexity index is 956. The number of aryl methyl sites for hydroxylation is 1. The van der Waals surface area contributed by atoms with Crippen molar-refractivity contribution in [1.82, 2.24) is 10.2 Å². The van der Waals surface area contributed by atoms with Crippen molar-refractivity contribution in [1.29, 1.82) is 0 Å². The molecule has 4 rings (SSSR count). The SMILES string of the molecule is COc1ccc(-c2nnc(NC(=O)CCc3ccc4c(c3)OCO4)s2)cc1. The van der Waals surface area contributed by atoms with Crippen molar-refractivity contribution in [2.45, 2.75) is 12.8 Å². The molecule has 0 spiro atoms. The Hall–Kier alpha value is -3.13. The highest BCUT2D eigenvalue weighted by atomic mass is 32.1. The van der Waals surface area contributed by atoms with E-state index in [9.17, 15) is 4.79 Å². The first-order chi connectivity index (χ1) is 13.2. The van der Waals surface area contributed by atoms with Gasteiger partial charge in [0, 0.05) is 12.0 Å². The highest BCUT2D eigenvalue weighted by molar-refractivity contribution is 7.18. The van der Waals surface area contributed by atoms with Gasteiger partial charge in [-0.05, 0) is 48.4 Å². The number of hydrogen-bond donors (Lipinski definition) is 1. The summed E-state index contributed by atoms with van der Waals surface area (Å²) in [6.07, 6.45) is 0.948. The largest absolute Gasteiger partial charge is 0.497 e. The second kappa shape index (κ2) is 7.63. The molecule has 0 saturated heterocycles. The number of nitrogens with one attached hydrogen (secondary N) is 1. The fraction of sp³-hybridized carbons (Fsp3) is 0.211. The number of ether oxygens (including phenoxy) is 3. The van der Waals surface area contributed by atoms with Crippen LogP contribution >= 0.6 is 11.3 Å². The zero-order valence-electron chi connectivity index (χ0n) is 14.6. The fourth-order valence-corrected chi connectivity index (χ4v) is 3.43. The molecule has 0 radical (unpaired) electrons. The van der Waals surface area contributed by atoms with Crippen molar-refractivity contribution in [3.8, 4) is 27.8 Å². The number of hydrogen-bond acceptors (Lipinski definition) is 7. The van der Waals surface area contributed by atoms with Crippen LogP contribution in [0.2, 0.25) is 0 Å². The molecule has 7 nitrogen and oxygen atoms in total. The van der Waals surface area contributed by atoms with Gasteiger partial charge in [0.1, 0.15) is 10.8 Å². The predicted octanol–water partition coefficient (Wildman–Crippen LogP) is 3.51. The van der Waals surface area contributed by atoms with E-state index in [4.69, 9.17) is 14.2 Å². The third-order valence-corrected chi connectivity index (χ3v) is 4.97. The van der Waals surface area contributed by atoms with Crippen LogP contribution in [0.25, 0.3) is 10.6 Å². The maximum atomic E-state index is 12.2. The van der Waals surface area contributed by atoms with Crippen molar-refractivity contribution in [2.75, 3.05) is 19.2 Å². The minimum atomic E-state index is -0.106. The van der Waals surface area contributed by atoms with Crippen LogP contribution in [-0.2, 0) is 11.2 Å². The number of amides is 1. The average molecular weight is 383 g/mol. The van der Waals surface area contributed by atoms with Gasteiger partial charge in [0.25, 0.3) is 0 Å². The summed E-state index contributed by atoms with van der Waals surface area (Å²) >= 11 is 1.33. The molecule has 0 bridgehead atoms. The molecule has 1 aliphatic rings. The van der Waals surface area contributed by atoms with E-state index in [2.05, 4.69) is 15.5 Å². The molecule has 2 heterocycles. The van der Waals surface area contributed by atoms with Crippen LogP contribution in [0.4, 0.5) is 5.13 Å². The summed E-state index contributed by atoms with van der Waals surface area (Å²) in [6.45, 7) is 0.243. The van der Waals surface area contributed by atoms with Crippen LogP contribution in [-0.4, -0.2) is 30.0 Å².